The summed E-state index contributed by atoms with van der Waals surface area (Å²) >= 11 is 0. The molecule has 4 rings (SSSR count). The summed E-state index contributed by atoms with van der Waals surface area (Å²) in [4.78, 5) is 12.4. The van der Waals surface area contributed by atoms with Crippen molar-refractivity contribution < 1.29 is 23.7 Å². The van der Waals surface area contributed by atoms with Crippen molar-refractivity contribution in [3.05, 3.63) is 66.2 Å². The SMILES string of the molecule is CCC(C)(C)C(=O)Oc1ccc2cc(OC(C)OCCOc3ccc(C4CCCCC4)cc3)ccc2c1. The molecule has 5 heteroatoms. The predicted molar refractivity (Wildman–Crippen MR) is 147 cm³/mol. The highest BCUT2D eigenvalue weighted by Gasteiger charge is 2.27. The van der Waals surface area contributed by atoms with Crippen LogP contribution in [0.5, 0.6) is 17.2 Å². The first-order chi connectivity index (χ1) is 17.8. The van der Waals surface area contributed by atoms with Crippen LogP contribution in [0.4, 0.5) is 0 Å². The lowest BCUT2D eigenvalue weighted by Crippen LogP contribution is -2.28. The molecule has 3 aromatic carbocycles. The van der Waals surface area contributed by atoms with Gasteiger partial charge in [0.1, 0.15) is 23.9 Å². The number of hydrogen-bond acceptors (Lipinski definition) is 5. The van der Waals surface area contributed by atoms with E-state index in [1.165, 1.54) is 37.7 Å². The van der Waals surface area contributed by atoms with Crippen molar-refractivity contribution in [3.63, 3.8) is 0 Å². The lowest BCUT2D eigenvalue weighted by molar-refractivity contribution is -0.144. The van der Waals surface area contributed by atoms with Gasteiger partial charge in [0, 0.05) is 0 Å². The van der Waals surface area contributed by atoms with E-state index in [1.54, 1.807) is 0 Å². The summed E-state index contributed by atoms with van der Waals surface area (Å²) < 4.78 is 23.2. The average molecular weight is 505 g/mol. The fourth-order valence-corrected chi connectivity index (χ4v) is 4.60. The molecule has 1 aliphatic carbocycles. The number of benzene rings is 3. The Morgan fingerprint density at radius 3 is 2.16 bits per heavy atom. The molecular formula is C32H40O5. The van der Waals surface area contributed by atoms with Gasteiger partial charge in [-0.2, -0.15) is 0 Å². The van der Waals surface area contributed by atoms with Crippen molar-refractivity contribution in [2.75, 3.05) is 13.2 Å². The number of carbonyl (C=O) groups is 1. The van der Waals surface area contributed by atoms with E-state index >= 15 is 0 Å². The van der Waals surface area contributed by atoms with Crippen LogP contribution < -0.4 is 14.2 Å². The number of ether oxygens (including phenoxy) is 4. The zero-order chi connectivity index (χ0) is 26.3. The van der Waals surface area contributed by atoms with Crippen LogP contribution in [0.3, 0.4) is 0 Å². The number of esters is 1. The lowest BCUT2D eigenvalue weighted by atomic mass is 9.84. The summed E-state index contributed by atoms with van der Waals surface area (Å²) in [6.45, 7) is 8.54. The normalized spacial score (nSPS) is 15.4. The average Bonchev–Trinajstić information content (AvgIpc) is 2.92. The molecule has 1 fully saturated rings. The fraction of sp³-hybridized carbons (Fsp3) is 0.469. The highest BCUT2D eigenvalue weighted by atomic mass is 16.7. The van der Waals surface area contributed by atoms with Gasteiger partial charge in [-0.1, -0.05) is 50.5 Å². The third-order valence-corrected chi connectivity index (χ3v) is 7.39. The first kappa shape index (κ1) is 27.0. The van der Waals surface area contributed by atoms with E-state index in [2.05, 4.69) is 24.3 Å². The van der Waals surface area contributed by atoms with E-state index in [0.717, 1.165) is 28.7 Å². The maximum absolute atomic E-state index is 12.4. The summed E-state index contributed by atoms with van der Waals surface area (Å²) in [6.07, 6.45) is 6.98. The van der Waals surface area contributed by atoms with E-state index in [1.807, 2.05) is 64.1 Å². The first-order valence-electron chi connectivity index (χ1n) is 13.6. The Morgan fingerprint density at radius 1 is 0.865 bits per heavy atom. The molecule has 1 unspecified atom stereocenters. The summed E-state index contributed by atoms with van der Waals surface area (Å²) in [5.74, 6) is 2.62. The molecular weight excluding hydrogens is 464 g/mol. The molecule has 37 heavy (non-hydrogen) atoms. The van der Waals surface area contributed by atoms with Crippen LogP contribution >= 0.6 is 0 Å². The van der Waals surface area contributed by atoms with Crippen LogP contribution in [-0.4, -0.2) is 25.5 Å². The van der Waals surface area contributed by atoms with Crippen molar-refractivity contribution in [3.8, 4) is 17.2 Å². The first-order valence-corrected chi connectivity index (χ1v) is 13.6. The molecule has 198 valence electrons. The van der Waals surface area contributed by atoms with Crippen molar-refractivity contribution >= 4 is 16.7 Å². The maximum Gasteiger partial charge on any atom is 0.316 e. The molecule has 0 aromatic heterocycles. The van der Waals surface area contributed by atoms with Crippen molar-refractivity contribution in [2.24, 2.45) is 5.41 Å². The quantitative estimate of drug-likeness (QED) is 0.114. The number of rotatable bonds is 11. The zero-order valence-corrected chi connectivity index (χ0v) is 22.6. The second kappa shape index (κ2) is 12.5. The maximum atomic E-state index is 12.4. The molecule has 0 radical (unpaired) electrons. The van der Waals surface area contributed by atoms with Crippen LogP contribution in [0.15, 0.2) is 60.7 Å². The lowest BCUT2D eigenvalue weighted by Gasteiger charge is -2.22. The van der Waals surface area contributed by atoms with Gasteiger partial charge in [-0.15, -0.1) is 0 Å². The Labute approximate surface area is 221 Å². The number of hydrogen-bond donors (Lipinski definition) is 0. The molecule has 0 bridgehead atoms. The summed E-state index contributed by atoms with van der Waals surface area (Å²) in [5, 5.41) is 1.97. The molecule has 1 aliphatic rings. The molecule has 0 N–H and O–H groups in total. The minimum Gasteiger partial charge on any atom is -0.491 e. The second-order valence-corrected chi connectivity index (χ2v) is 10.6. The molecule has 3 aromatic rings. The Hall–Kier alpha value is -3.05. The van der Waals surface area contributed by atoms with Crippen molar-refractivity contribution in [1.82, 2.24) is 0 Å². The van der Waals surface area contributed by atoms with Crippen molar-refractivity contribution in [2.45, 2.75) is 78.4 Å². The van der Waals surface area contributed by atoms with Gasteiger partial charge in [0.2, 0.25) is 0 Å². The van der Waals surface area contributed by atoms with Gasteiger partial charge < -0.3 is 18.9 Å². The molecule has 0 heterocycles. The van der Waals surface area contributed by atoms with E-state index in [4.69, 9.17) is 18.9 Å². The minimum atomic E-state index is -0.507. The standard InChI is InChI=1S/C32H40O5/c1-5-32(3,4)31(33)37-30-18-14-26-21-29(17-13-27(26)22-30)36-23(2)34-19-20-35-28-15-11-25(12-16-28)24-9-7-6-8-10-24/h11-18,21-24H,5-10,19-20H2,1-4H3. The molecule has 0 amide bonds. The van der Waals surface area contributed by atoms with Crippen LogP contribution in [0.2, 0.25) is 0 Å². The van der Waals surface area contributed by atoms with Gasteiger partial charge >= 0.3 is 5.97 Å². The Morgan fingerprint density at radius 2 is 1.49 bits per heavy atom. The Bertz CT molecular complexity index is 1160. The summed E-state index contributed by atoms with van der Waals surface area (Å²) in [7, 11) is 0. The Balaban J connectivity index is 1.22. The third kappa shape index (κ3) is 7.48. The van der Waals surface area contributed by atoms with Crippen LogP contribution in [0.25, 0.3) is 10.8 Å². The fourth-order valence-electron chi connectivity index (χ4n) is 4.60. The van der Waals surface area contributed by atoms with Gasteiger partial charge in [-0.05, 0) is 98.7 Å². The van der Waals surface area contributed by atoms with Crippen LogP contribution in [-0.2, 0) is 9.53 Å². The number of fused-ring (bicyclic) bond motifs is 1. The second-order valence-electron chi connectivity index (χ2n) is 10.6. The van der Waals surface area contributed by atoms with Crippen LogP contribution in [0, 0.1) is 5.41 Å². The van der Waals surface area contributed by atoms with Crippen LogP contribution in [0.1, 0.15) is 77.7 Å². The van der Waals surface area contributed by atoms with Gasteiger partial charge in [-0.25, -0.2) is 0 Å². The monoisotopic (exact) mass is 504 g/mol. The van der Waals surface area contributed by atoms with E-state index in [0.29, 0.717) is 24.9 Å². The molecule has 5 nitrogen and oxygen atoms in total. The molecule has 0 saturated heterocycles. The third-order valence-electron chi connectivity index (χ3n) is 7.39. The Kier molecular flexibility index (Phi) is 9.09. The molecule has 0 aliphatic heterocycles. The number of carbonyl (C=O) groups excluding carboxylic acids is 1. The van der Waals surface area contributed by atoms with Gasteiger partial charge in [0.05, 0.1) is 12.0 Å². The van der Waals surface area contributed by atoms with Crippen molar-refractivity contribution in [1.29, 1.82) is 0 Å². The molecule has 0 spiro atoms. The van der Waals surface area contributed by atoms with E-state index in [9.17, 15) is 4.79 Å². The van der Waals surface area contributed by atoms with Gasteiger partial charge in [0.15, 0.2) is 6.29 Å². The molecule has 1 saturated carbocycles. The predicted octanol–water partition coefficient (Wildman–Crippen LogP) is 8.05. The smallest absolute Gasteiger partial charge is 0.316 e. The highest BCUT2D eigenvalue weighted by molar-refractivity contribution is 5.86. The molecule has 1 atom stereocenters. The van der Waals surface area contributed by atoms with Gasteiger partial charge in [-0.3, -0.25) is 4.79 Å². The largest absolute Gasteiger partial charge is 0.491 e. The van der Waals surface area contributed by atoms with E-state index < -0.39 is 11.7 Å². The van der Waals surface area contributed by atoms with E-state index in [-0.39, 0.29) is 5.97 Å². The summed E-state index contributed by atoms with van der Waals surface area (Å²) in [5.41, 5.74) is 0.922. The summed E-state index contributed by atoms with van der Waals surface area (Å²) in [6, 6.07) is 20.0. The highest BCUT2D eigenvalue weighted by Crippen LogP contribution is 2.33. The topological polar surface area (TPSA) is 54.0 Å². The minimum absolute atomic E-state index is 0.222. The van der Waals surface area contributed by atoms with Gasteiger partial charge in [0.25, 0.3) is 0 Å². The zero-order valence-electron chi connectivity index (χ0n) is 22.6.